The molecule has 1 aromatic heterocycles. The number of methoxy groups -OCH3 is 2. The Balaban J connectivity index is 2.15. The predicted octanol–water partition coefficient (Wildman–Crippen LogP) is 5.28. The van der Waals surface area contributed by atoms with E-state index in [1.165, 1.54) is 20.3 Å². The number of aromatic nitrogens is 2. The summed E-state index contributed by atoms with van der Waals surface area (Å²) in [6.45, 7) is 6.18. The highest BCUT2D eigenvalue weighted by Gasteiger charge is 2.23. The lowest BCUT2D eigenvalue weighted by Gasteiger charge is -2.15. The molecule has 0 unspecified atom stereocenters. The van der Waals surface area contributed by atoms with Crippen molar-refractivity contribution in [3.05, 3.63) is 58.7 Å². The molecule has 30 heavy (non-hydrogen) atoms. The number of aromatic carboxylic acids is 1. The summed E-state index contributed by atoms with van der Waals surface area (Å²) in [6, 6.07) is 12.2. The number of nitrogens with zero attached hydrogens (tertiary/aromatic N) is 2. The number of benzene rings is 2. The number of carboxylic acid groups (broad SMARTS) is 1. The zero-order valence-corrected chi connectivity index (χ0v) is 18.2. The number of anilines is 2. The molecule has 0 aliphatic heterocycles. The van der Waals surface area contributed by atoms with Gasteiger partial charge in [0.15, 0.2) is 11.5 Å². The van der Waals surface area contributed by atoms with Gasteiger partial charge in [-0.15, -0.1) is 0 Å². The molecule has 7 nitrogen and oxygen atoms in total. The van der Waals surface area contributed by atoms with Crippen LogP contribution in [0.1, 0.15) is 36.8 Å². The second kappa shape index (κ2) is 8.28. The van der Waals surface area contributed by atoms with Gasteiger partial charge < -0.3 is 19.9 Å². The van der Waals surface area contributed by atoms with Crippen LogP contribution in [0.15, 0.2) is 42.5 Å². The average molecular weight is 430 g/mol. The first-order chi connectivity index (χ1) is 14.1. The topological polar surface area (TPSA) is 85.6 Å². The Morgan fingerprint density at radius 2 is 1.67 bits per heavy atom. The van der Waals surface area contributed by atoms with Crippen molar-refractivity contribution < 1.29 is 19.4 Å². The Labute approximate surface area is 180 Å². The summed E-state index contributed by atoms with van der Waals surface area (Å²) >= 11 is 6.03. The predicted molar refractivity (Wildman–Crippen MR) is 117 cm³/mol. The summed E-state index contributed by atoms with van der Waals surface area (Å²) in [5, 5.41) is 18.3. The molecule has 8 heteroatoms. The Kier molecular flexibility index (Phi) is 5.94. The van der Waals surface area contributed by atoms with Crippen LogP contribution in [0.5, 0.6) is 11.5 Å². The quantitative estimate of drug-likeness (QED) is 0.554. The third-order valence-electron chi connectivity index (χ3n) is 4.57. The normalized spacial score (nSPS) is 11.3. The van der Waals surface area contributed by atoms with Crippen LogP contribution in [0.3, 0.4) is 0 Å². The van der Waals surface area contributed by atoms with E-state index in [1.807, 2.05) is 18.2 Å². The fourth-order valence-electron chi connectivity index (χ4n) is 2.91. The summed E-state index contributed by atoms with van der Waals surface area (Å²) in [4.78, 5) is 11.9. The number of hydrogen-bond donors (Lipinski definition) is 2. The van der Waals surface area contributed by atoms with Crippen molar-refractivity contribution in [3.8, 4) is 17.2 Å². The molecule has 0 radical (unpaired) electrons. The molecule has 0 amide bonds. The summed E-state index contributed by atoms with van der Waals surface area (Å²) in [5.41, 5.74) is 1.83. The van der Waals surface area contributed by atoms with E-state index in [9.17, 15) is 9.90 Å². The maximum absolute atomic E-state index is 11.9. The number of halogens is 1. The van der Waals surface area contributed by atoms with Crippen molar-refractivity contribution in [2.45, 2.75) is 26.2 Å². The van der Waals surface area contributed by atoms with Crippen LogP contribution in [0.2, 0.25) is 5.02 Å². The van der Waals surface area contributed by atoms with Gasteiger partial charge in [-0.3, -0.25) is 0 Å². The number of ether oxygens (including phenoxy) is 2. The van der Waals surface area contributed by atoms with E-state index in [0.717, 1.165) is 11.4 Å². The largest absolute Gasteiger partial charge is 0.493 e. The molecular weight excluding hydrogens is 406 g/mol. The van der Waals surface area contributed by atoms with Gasteiger partial charge in [0.05, 0.1) is 36.9 Å². The summed E-state index contributed by atoms with van der Waals surface area (Å²) in [6.07, 6.45) is 0. The minimum absolute atomic E-state index is 0.0498. The minimum atomic E-state index is -1.09. The molecule has 3 rings (SSSR count). The van der Waals surface area contributed by atoms with E-state index in [4.69, 9.17) is 26.2 Å². The molecule has 0 saturated heterocycles. The van der Waals surface area contributed by atoms with Gasteiger partial charge in [-0.2, -0.15) is 5.10 Å². The lowest BCUT2D eigenvalue weighted by atomic mass is 9.92. The van der Waals surface area contributed by atoms with E-state index in [1.54, 1.807) is 22.9 Å². The third-order valence-corrected chi connectivity index (χ3v) is 4.82. The van der Waals surface area contributed by atoms with Gasteiger partial charge >= 0.3 is 5.97 Å². The van der Waals surface area contributed by atoms with Crippen molar-refractivity contribution in [1.82, 2.24) is 9.78 Å². The zero-order chi connectivity index (χ0) is 22.1. The molecule has 0 atom stereocenters. The van der Waals surface area contributed by atoms with Crippen molar-refractivity contribution in [2.24, 2.45) is 0 Å². The van der Waals surface area contributed by atoms with Gasteiger partial charge in [-0.05, 0) is 24.3 Å². The Bertz CT molecular complexity index is 1070. The molecular formula is C22H24ClN3O4. The van der Waals surface area contributed by atoms with Crippen molar-refractivity contribution in [1.29, 1.82) is 0 Å². The van der Waals surface area contributed by atoms with Crippen LogP contribution in [0.4, 0.5) is 11.5 Å². The SMILES string of the molecule is COc1cc(Nc2cc(C(C)(C)C)nn2-c2ccc(Cl)cc2)c(C(=O)O)cc1OC. The molecule has 0 saturated carbocycles. The fourth-order valence-corrected chi connectivity index (χ4v) is 3.04. The zero-order valence-electron chi connectivity index (χ0n) is 17.5. The number of carboxylic acids is 1. The second-order valence-corrected chi connectivity index (χ2v) is 8.17. The van der Waals surface area contributed by atoms with Gasteiger partial charge in [0, 0.05) is 28.6 Å². The average Bonchev–Trinajstić information content (AvgIpc) is 3.12. The molecule has 1 heterocycles. The first kappa shape index (κ1) is 21.5. The van der Waals surface area contributed by atoms with Gasteiger partial charge in [0.1, 0.15) is 5.82 Å². The van der Waals surface area contributed by atoms with Crippen LogP contribution in [-0.2, 0) is 5.41 Å². The third kappa shape index (κ3) is 4.36. The molecule has 0 spiro atoms. The Morgan fingerprint density at radius 1 is 1.07 bits per heavy atom. The molecule has 3 aromatic rings. The van der Waals surface area contributed by atoms with E-state index in [-0.39, 0.29) is 11.0 Å². The van der Waals surface area contributed by atoms with E-state index in [2.05, 4.69) is 26.1 Å². The van der Waals surface area contributed by atoms with Gasteiger partial charge in [-0.1, -0.05) is 32.4 Å². The molecule has 0 fully saturated rings. The summed E-state index contributed by atoms with van der Waals surface area (Å²) in [7, 11) is 2.96. The standard InChI is InChI=1S/C22H24ClN3O4/c1-22(2,3)19-12-20(26(25-19)14-8-6-13(23)7-9-14)24-16-11-18(30-5)17(29-4)10-15(16)21(27)28/h6-12,24H,1-5H3,(H,27,28). The molecule has 2 aromatic carbocycles. The van der Waals surface area contributed by atoms with Crippen LogP contribution in [0, 0.1) is 0 Å². The van der Waals surface area contributed by atoms with Gasteiger partial charge in [-0.25, -0.2) is 9.48 Å². The number of nitrogens with one attached hydrogen (secondary N) is 1. The van der Waals surface area contributed by atoms with Gasteiger partial charge in [0.2, 0.25) is 0 Å². The first-order valence-electron chi connectivity index (χ1n) is 9.27. The second-order valence-electron chi connectivity index (χ2n) is 7.74. The smallest absolute Gasteiger partial charge is 0.337 e. The molecule has 2 N–H and O–H groups in total. The van der Waals surface area contributed by atoms with Crippen LogP contribution < -0.4 is 14.8 Å². The highest BCUT2D eigenvalue weighted by molar-refractivity contribution is 6.30. The van der Waals surface area contributed by atoms with Crippen molar-refractivity contribution >= 4 is 29.1 Å². The lowest BCUT2D eigenvalue weighted by molar-refractivity contribution is 0.0697. The maximum Gasteiger partial charge on any atom is 0.337 e. The summed E-state index contributed by atoms with van der Waals surface area (Å²) < 4.78 is 12.3. The minimum Gasteiger partial charge on any atom is -0.493 e. The highest BCUT2D eigenvalue weighted by Crippen LogP contribution is 2.36. The van der Waals surface area contributed by atoms with Crippen LogP contribution in [-0.4, -0.2) is 35.1 Å². The van der Waals surface area contributed by atoms with Crippen molar-refractivity contribution in [3.63, 3.8) is 0 Å². The number of carbonyl (C=O) groups is 1. The molecule has 0 bridgehead atoms. The van der Waals surface area contributed by atoms with Crippen LogP contribution in [0.25, 0.3) is 5.69 Å². The van der Waals surface area contributed by atoms with Crippen molar-refractivity contribution in [2.75, 3.05) is 19.5 Å². The molecule has 0 aliphatic rings. The van der Waals surface area contributed by atoms with E-state index >= 15 is 0 Å². The Hall–Kier alpha value is -3.19. The lowest BCUT2D eigenvalue weighted by Crippen LogP contribution is -2.12. The number of rotatable bonds is 6. The molecule has 158 valence electrons. The summed E-state index contributed by atoms with van der Waals surface area (Å²) in [5.74, 6) is 0.268. The maximum atomic E-state index is 11.9. The Morgan fingerprint density at radius 3 is 2.20 bits per heavy atom. The van der Waals surface area contributed by atoms with E-state index in [0.29, 0.717) is 28.0 Å². The monoisotopic (exact) mass is 429 g/mol. The van der Waals surface area contributed by atoms with Gasteiger partial charge in [0.25, 0.3) is 0 Å². The first-order valence-corrected chi connectivity index (χ1v) is 9.64. The fraction of sp³-hybridized carbons (Fsp3) is 0.273. The number of hydrogen-bond acceptors (Lipinski definition) is 5. The van der Waals surface area contributed by atoms with Crippen LogP contribution >= 0.6 is 11.6 Å². The highest BCUT2D eigenvalue weighted by atomic mass is 35.5. The van der Waals surface area contributed by atoms with E-state index < -0.39 is 5.97 Å². The molecule has 0 aliphatic carbocycles.